The first kappa shape index (κ1) is 27.7. The molecule has 0 aliphatic heterocycles. The summed E-state index contributed by atoms with van der Waals surface area (Å²) in [6.07, 6.45) is 3.63. The second kappa shape index (κ2) is 14.0. The minimum absolute atomic E-state index is 0.0547. The number of aromatic nitrogens is 2. The fourth-order valence-electron chi connectivity index (χ4n) is 2.61. The van der Waals surface area contributed by atoms with E-state index in [0.717, 1.165) is 0 Å². The van der Waals surface area contributed by atoms with Crippen LogP contribution in [0.2, 0.25) is 0 Å². The Morgan fingerprint density at radius 3 is 2.31 bits per heavy atom. The lowest BCUT2D eigenvalue weighted by atomic mass is 10.1. The van der Waals surface area contributed by atoms with Gasteiger partial charge in [-0.2, -0.15) is 24.4 Å². The Morgan fingerprint density at radius 2 is 1.81 bits per heavy atom. The van der Waals surface area contributed by atoms with E-state index in [2.05, 4.69) is 38.5 Å². The van der Waals surface area contributed by atoms with Crippen LogP contribution >= 0.6 is 24.4 Å². The zero-order valence-electron chi connectivity index (χ0n) is 17.8. The number of nitrogens with two attached hydrogens (primary N) is 1. The molecule has 3 amide bonds. The molecule has 0 fully saturated rings. The van der Waals surface area contributed by atoms with Crippen LogP contribution in [0.1, 0.15) is 19.0 Å². The molecule has 1 rings (SSSR count). The van der Waals surface area contributed by atoms with Crippen molar-refractivity contribution in [2.45, 2.75) is 50.0 Å². The normalized spacial score (nSPS) is 15.7. The predicted octanol–water partition coefficient (Wildman–Crippen LogP) is -2.12. The van der Waals surface area contributed by atoms with Crippen LogP contribution in [0.5, 0.6) is 0 Å². The van der Waals surface area contributed by atoms with Gasteiger partial charge >= 0.3 is 5.97 Å². The molecular formula is C18H30N6O6S2. The molecule has 1 aromatic rings. The van der Waals surface area contributed by atoms with E-state index in [1.165, 1.54) is 31.2 Å². The average Bonchev–Trinajstić information content (AvgIpc) is 3.25. The molecule has 0 bridgehead atoms. The third-order valence-corrected chi connectivity index (χ3v) is 5.47. The van der Waals surface area contributed by atoms with E-state index in [9.17, 15) is 29.4 Å². The van der Waals surface area contributed by atoms with Crippen molar-refractivity contribution in [2.24, 2.45) is 5.73 Å². The molecule has 12 nitrogen and oxygen atoms in total. The lowest BCUT2D eigenvalue weighted by Crippen LogP contribution is -2.59. The van der Waals surface area contributed by atoms with Gasteiger partial charge in [-0.15, -0.1) is 0 Å². The fraction of sp³-hybridized carbons (Fsp3) is 0.611. The third-order valence-electron chi connectivity index (χ3n) is 4.44. The molecule has 0 radical (unpaired) electrons. The van der Waals surface area contributed by atoms with Crippen LogP contribution in [-0.2, 0) is 25.6 Å². The number of aliphatic hydroxyl groups excluding tert-OH is 1. The number of aliphatic hydroxyl groups is 1. The van der Waals surface area contributed by atoms with E-state index in [1.807, 2.05) is 6.26 Å². The summed E-state index contributed by atoms with van der Waals surface area (Å²) in [6.45, 7) is 1.23. The number of thioether (sulfide) groups is 1. The molecule has 32 heavy (non-hydrogen) atoms. The number of amides is 3. The Hall–Kier alpha value is -2.29. The van der Waals surface area contributed by atoms with Crippen molar-refractivity contribution in [1.29, 1.82) is 0 Å². The SMILES string of the molecule is CSCCC(NC(=O)C(Cc1cnc[nH]1)NC(=O)C(N)CS)C(=O)NC(C(=O)O)C(C)O. The number of hydrogen-bond acceptors (Lipinski definition) is 9. The van der Waals surface area contributed by atoms with Gasteiger partial charge in [0.05, 0.1) is 18.5 Å². The van der Waals surface area contributed by atoms with E-state index >= 15 is 0 Å². The molecule has 0 spiro atoms. The Morgan fingerprint density at radius 1 is 1.19 bits per heavy atom. The molecule has 1 aromatic heterocycles. The van der Waals surface area contributed by atoms with Gasteiger partial charge in [-0.1, -0.05) is 0 Å². The maximum atomic E-state index is 13.0. The number of carboxylic acids is 1. The number of imidazole rings is 1. The first-order valence-electron chi connectivity index (χ1n) is 9.75. The van der Waals surface area contributed by atoms with Gasteiger partial charge in [0.25, 0.3) is 0 Å². The Balaban J connectivity index is 3.00. The lowest BCUT2D eigenvalue weighted by Gasteiger charge is -2.25. The number of carbonyl (C=O) groups is 4. The molecule has 5 unspecified atom stereocenters. The highest BCUT2D eigenvalue weighted by atomic mass is 32.2. The highest BCUT2D eigenvalue weighted by Crippen LogP contribution is 2.06. The summed E-state index contributed by atoms with van der Waals surface area (Å²) in [6, 6.07) is -4.64. The standard InChI is InChI=1S/C18H30N6O6S2/c1-9(25)14(18(29)30)24-16(27)12(3-4-32-2)22-17(28)13(5-10-6-20-8-21-10)23-15(26)11(19)7-31/h6,8-9,11-14,25,31H,3-5,7,19H2,1-2H3,(H,20,21)(H,22,28)(H,23,26)(H,24,27)(H,29,30). The molecular weight excluding hydrogens is 460 g/mol. The predicted molar refractivity (Wildman–Crippen MR) is 122 cm³/mol. The van der Waals surface area contributed by atoms with Crippen LogP contribution in [0.4, 0.5) is 0 Å². The fourth-order valence-corrected chi connectivity index (χ4v) is 3.24. The van der Waals surface area contributed by atoms with Crippen molar-refractivity contribution in [3.8, 4) is 0 Å². The summed E-state index contributed by atoms with van der Waals surface area (Å²) in [5, 5.41) is 26.2. The van der Waals surface area contributed by atoms with E-state index in [0.29, 0.717) is 11.4 Å². The Kier molecular flexibility index (Phi) is 12.1. The smallest absolute Gasteiger partial charge is 0.328 e. The summed E-state index contributed by atoms with van der Waals surface area (Å²) in [5.74, 6) is -2.87. The van der Waals surface area contributed by atoms with Crippen LogP contribution in [0, 0.1) is 0 Å². The van der Waals surface area contributed by atoms with Gasteiger partial charge in [-0.3, -0.25) is 14.4 Å². The number of rotatable bonds is 14. The van der Waals surface area contributed by atoms with Gasteiger partial charge < -0.3 is 36.9 Å². The maximum Gasteiger partial charge on any atom is 0.328 e. The number of thiol groups is 1. The molecule has 5 atom stereocenters. The molecule has 1 heterocycles. The van der Waals surface area contributed by atoms with E-state index in [4.69, 9.17) is 5.73 Å². The van der Waals surface area contributed by atoms with E-state index in [-0.39, 0.29) is 18.6 Å². The zero-order chi connectivity index (χ0) is 24.3. The van der Waals surface area contributed by atoms with Crippen LogP contribution < -0.4 is 21.7 Å². The molecule has 14 heteroatoms. The summed E-state index contributed by atoms with van der Waals surface area (Å²) in [7, 11) is 0. The monoisotopic (exact) mass is 490 g/mol. The van der Waals surface area contributed by atoms with Gasteiger partial charge in [0.2, 0.25) is 17.7 Å². The number of nitrogens with zero attached hydrogens (tertiary/aromatic N) is 1. The topological polar surface area (TPSA) is 200 Å². The van der Waals surface area contributed by atoms with Crippen molar-refractivity contribution in [3.05, 3.63) is 18.2 Å². The van der Waals surface area contributed by atoms with Gasteiger partial charge in [0.1, 0.15) is 12.1 Å². The number of aromatic amines is 1. The Bertz CT molecular complexity index is 763. The summed E-state index contributed by atoms with van der Waals surface area (Å²) in [4.78, 5) is 55.9. The van der Waals surface area contributed by atoms with Crippen LogP contribution in [0.25, 0.3) is 0 Å². The maximum absolute atomic E-state index is 13.0. The molecule has 8 N–H and O–H groups in total. The first-order chi connectivity index (χ1) is 15.1. The largest absolute Gasteiger partial charge is 0.480 e. The van der Waals surface area contributed by atoms with Crippen molar-refractivity contribution in [2.75, 3.05) is 17.8 Å². The van der Waals surface area contributed by atoms with Crippen molar-refractivity contribution in [3.63, 3.8) is 0 Å². The molecule has 0 saturated heterocycles. The lowest BCUT2D eigenvalue weighted by molar-refractivity contribution is -0.145. The van der Waals surface area contributed by atoms with Crippen molar-refractivity contribution < 1.29 is 29.4 Å². The first-order valence-corrected chi connectivity index (χ1v) is 11.8. The minimum atomic E-state index is -1.54. The summed E-state index contributed by atoms with van der Waals surface area (Å²) < 4.78 is 0. The third kappa shape index (κ3) is 9.06. The van der Waals surface area contributed by atoms with Gasteiger partial charge in [0.15, 0.2) is 6.04 Å². The van der Waals surface area contributed by atoms with Crippen molar-refractivity contribution >= 4 is 48.1 Å². The number of hydrogen-bond donors (Lipinski definition) is 8. The summed E-state index contributed by atoms with van der Waals surface area (Å²) in [5.41, 5.74) is 6.24. The minimum Gasteiger partial charge on any atom is -0.480 e. The second-order valence-corrected chi connectivity index (χ2v) is 8.39. The van der Waals surface area contributed by atoms with Gasteiger partial charge in [-0.25, -0.2) is 9.78 Å². The molecule has 0 aliphatic carbocycles. The molecule has 0 aliphatic rings. The molecule has 0 aromatic carbocycles. The highest BCUT2D eigenvalue weighted by Gasteiger charge is 2.31. The highest BCUT2D eigenvalue weighted by molar-refractivity contribution is 7.98. The average molecular weight is 491 g/mol. The quantitative estimate of drug-likeness (QED) is 0.134. The van der Waals surface area contributed by atoms with Crippen LogP contribution in [-0.4, -0.2) is 91.9 Å². The number of carbonyl (C=O) groups excluding carboxylic acids is 3. The number of carboxylic acid groups (broad SMARTS) is 1. The van der Waals surface area contributed by atoms with Crippen LogP contribution in [0.15, 0.2) is 12.5 Å². The molecule has 0 saturated carbocycles. The van der Waals surface area contributed by atoms with E-state index in [1.54, 1.807) is 0 Å². The van der Waals surface area contributed by atoms with Crippen molar-refractivity contribution in [1.82, 2.24) is 25.9 Å². The van der Waals surface area contributed by atoms with E-state index < -0.39 is 54.0 Å². The Labute approximate surface area is 195 Å². The second-order valence-electron chi connectivity index (χ2n) is 7.04. The number of H-pyrrole nitrogens is 1. The van der Waals surface area contributed by atoms with Crippen LogP contribution in [0.3, 0.4) is 0 Å². The number of aliphatic carboxylic acids is 1. The number of nitrogens with one attached hydrogen (secondary N) is 4. The summed E-state index contributed by atoms with van der Waals surface area (Å²) >= 11 is 5.41. The van der Waals surface area contributed by atoms with Gasteiger partial charge in [0, 0.05) is 24.1 Å². The zero-order valence-corrected chi connectivity index (χ0v) is 19.5. The van der Waals surface area contributed by atoms with Gasteiger partial charge in [-0.05, 0) is 25.4 Å². The molecule has 180 valence electrons.